The average molecular weight is 100 g/mol. The van der Waals surface area contributed by atoms with E-state index in [0.29, 0.717) is 0 Å². The second kappa shape index (κ2) is 3.02. The van der Waals surface area contributed by atoms with Gasteiger partial charge < -0.3 is 11.5 Å². The molecule has 4 nitrogen and oxygen atoms in total. The number of nitrogens with one attached hydrogen (secondary N) is 1. The van der Waals surface area contributed by atoms with Gasteiger partial charge >= 0.3 is 0 Å². The number of nitrogens with two attached hydrogens (primary N) is 2. The fourth-order valence-corrected chi connectivity index (χ4v) is 0.120. The Balaban J connectivity index is 3.14. The second-order valence-electron chi connectivity index (χ2n) is 0.915. The SMILES string of the molecule is C=C(N)N/N=C\N. The van der Waals surface area contributed by atoms with Crippen LogP contribution in [0.1, 0.15) is 0 Å². The largest absolute Gasteiger partial charge is 0.388 e. The minimum atomic E-state index is 0.279. The summed E-state index contributed by atoms with van der Waals surface area (Å²) in [5.74, 6) is 0.279. The molecule has 5 N–H and O–H groups in total. The summed E-state index contributed by atoms with van der Waals surface area (Å²) in [5, 5.41) is 3.35. The molecule has 0 atom stereocenters. The third-order valence-corrected chi connectivity index (χ3v) is 0.283. The minimum absolute atomic E-state index is 0.279. The van der Waals surface area contributed by atoms with Gasteiger partial charge in [-0.2, -0.15) is 5.10 Å². The van der Waals surface area contributed by atoms with Crippen molar-refractivity contribution in [2.45, 2.75) is 0 Å². The van der Waals surface area contributed by atoms with Gasteiger partial charge in [0.25, 0.3) is 0 Å². The molecule has 0 amide bonds. The Hall–Kier alpha value is -1.19. The molecule has 4 heteroatoms. The van der Waals surface area contributed by atoms with Crippen molar-refractivity contribution in [3.8, 4) is 0 Å². The lowest BCUT2D eigenvalue weighted by Gasteiger charge is -1.91. The molecule has 0 saturated carbocycles. The highest BCUT2D eigenvalue weighted by Crippen LogP contribution is 1.60. The number of rotatable bonds is 2. The lowest BCUT2D eigenvalue weighted by molar-refractivity contribution is 0.880. The summed E-state index contributed by atoms with van der Waals surface area (Å²) in [7, 11) is 0. The van der Waals surface area contributed by atoms with Crippen molar-refractivity contribution in [2.24, 2.45) is 16.6 Å². The maximum Gasteiger partial charge on any atom is 0.109 e. The van der Waals surface area contributed by atoms with Crippen LogP contribution in [-0.2, 0) is 0 Å². The van der Waals surface area contributed by atoms with Crippen LogP contribution in [0.4, 0.5) is 0 Å². The van der Waals surface area contributed by atoms with Gasteiger partial charge in [0.2, 0.25) is 0 Å². The highest BCUT2D eigenvalue weighted by atomic mass is 15.3. The van der Waals surface area contributed by atoms with Gasteiger partial charge in [0.15, 0.2) is 0 Å². The van der Waals surface area contributed by atoms with Crippen LogP contribution >= 0.6 is 0 Å². The monoisotopic (exact) mass is 100 g/mol. The van der Waals surface area contributed by atoms with Gasteiger partial charge in [-0.3, -0.25) is 5.43 Å². The zero-order valence-corrected chi connectivity index (χ0v) is 3.89. The molecule has 0 aromatic rings. The first-order valence-corrected chi connectivity index (χ1v) is 1.71. The van der Waals surface area contributed by atoms with E-state index in [-0.39, 0.29) is 5.82 Å². The van der Waals surface area contributed by atoms with Crippen molar-refractivity contribution in [1.82, 2.24) is 5.43 Å². The normalized spacial score (nSPS) is 9.14. The van der Waals surface area contributed by atoms with E-state index < -0.39 is 0 Å². The number of hydrogen-bond acceptors (Lipinski definition) is 3. The molecule has 40 valence electrons. The summed E-state index contributed by atoms with van der Waals surface area (Å²) in [4.78, 5) is 0. The number of nitrogens with zero attached hydrogens (tertiary/aromatic N) is 1. The van der Waals surface area contributed by atoms with E-state index in [0.717, 1.165) is 6.34 Å². The summed E-state index contributed by atoms with van der Waals surface area (Å²) in [6.45, 7) is 3.29. The predicted octanol–water partition coefficient (Wildman–Crippen LogP) is -1.09. The van der Waals surface area contributed by atoms with Crippen LogP contribution in [0.5, 0.6) is 0 Å². The summed E-state index contributed by atoms with van der Waals surface area (Å²) < 4.78 is 0. The van der Waals surface area contributed by atoms with E-state index in [1.54, 1.807) is 0 Å². The summed E-state index contributed by atoms with van der Waals surface area (Å²) >= 11 is 0. The number of hydrazone groups is 1. The van der Waals surface area contributed by atoms with Crippen LogP contribution in [0.3, 0.4) is 0 Å². The molecular formula is C3H8N4. The molecular weight excluding hydrogens is 92.1 g/mol. The van der Waals surface area contributed by atoms with Crippen LogP contribution in [0.25, 0.3) is 0 Å². The standard InChI is InChI=1S/C3H8N4/c1-3(5)7-6-2-4/h2,7H,1,5H2,(H2,4,6). The van der Waals surface area contributed by atoms with E-state index in [1.807, 2.05) is 0 Å². The lowest BCUT2D eigenvalue weighted by Crippen LogP contribution is -2.13. The molecule has 0 radical (unpaired) electrons. The molecule has 0 spiro atoms. The Morgan fingerprint density at radius 1 is 1.86 bits per heavy atom. The zero-order valence-electron chi connectivity index (χ0n) is 3.89. The van der Waals surface area contributed by atoms with Crippen molar-refractivity contribution in [3.63, 3.8) is 0 Å². The van der Waals surface area contributed by atoms with Gasteiger partial charge in [0.1, 0.15) is 12.2 Å². The predicted molar refractivity (Wildman–Crippen MR) is 29.1 cm³/mol. The van der Waals surface area contributed by atoms with Gasteiger partial charge in [0.05, 0.1) is 0 Å². The Kier molecular flexibility index (Phi) is 2.50. The van der Waals surface area contributed by atoms with Gasteiger partial charge in [-0.25, -0.2) is 0 Å². The van der Waals surface area contributed by atoms with E-state index in [4.69, 9.17) is 11.5 Å². The molecule has 0 heterocycles. The first kappa shape index (κ1) is 5.81. The van der Waals surface area contributed by atoms with Gasteiger partial charge in [0, 0.05) is 0 Å². The molecule has 0 aliphatic rings. The van der Waals surface area contributed by atoms with Crippen molar-refractivity contribution in [1.29, 1.82) is 0 Å². The Morgan fingerprint density at radius 2 is 2.43 bits per heavy atom. The van der Waals surface area contributed by atoms with Crippen molar-refractivity contribution >= 4 is 6.34 Å². The molecule has 0 aliphatic carbocycles. The van der Waals surface area contributed by atoms with Gasteiger partial charge in [-0.15, -0.1) is 0 Å². The second-order valence-corrected chi connectivity index (χ2v) is 0.915. The maximum atomic E-state index is 5.00. The third-order valence-electron chi connectivity index (χ3n) is 0.283. The zero-order chi connectivity index (χ0) is 5.70. The van der Waals surface area contributed by atoms with Crippen molar-refractivity contribution < 1.29 is 0 Å². The lowest BCUT2D eigenvalue weighted by atomic mass is 10.9. The molecule has 0 unspecified atom stereocenters. The summed E-state index contributed by atoms with van der Waals surface area (Å²) in [5.41, 5.74) is 12.2. The molecule has 0 fully saturated rings. The molecule has 0 saturated heterocycles. The topological polar surface area (TPSA) is 76.4 Å². The van der Waals surface area contributed by atoms with Gasteiger partial charge in [-0.05, 0) is 0 Å². The summed E-state index contributed by atoms with van der Waals surface area (Å²) in [6.07, 6.45) is 1.10. The Morgan fingerprint density at radius 3 is 2.57 bits per heavy atom. The molecule has 7 heavy (non-hydrogen) atoms. The van der Waals surface area contributed by atoms with E-state index in [9.17, 15) is 0 Å². The molecule has 0 rings (SSSR count). The third kappa shape index (κ3) is 4.81. The van der Waals surface area contributed by atoms with Crippen LogP contribution in [0.15, 0.2) is 17.5 Å². The maximum absolute atomic E-state index is 5.00. The molecule has 0 aliphatic heterocycles. The van der Waals surface area contributed by atoms with E-state index in [2.05, 4.69) is 17.1 Å². The van der Waals surface area contributed by atoms with Crippen molar-refractivity contribution in [3.05, 3.63) is 12.4 Å². The van der Waals surface area contributed by atoms with Crippen LogP contribution < -0.4 is 16.9 Å². The fraction of sp³-hybridized carbons (Fsp3) is 0. The average Bonchev–Trinajstić information content (AvgIpc) is 1.61. The Bertz CT molecular complexity index is 84.9. The fourth-order valence-electron chi connectivity index (χ4n) is 0.120. The molecule has 0 aromatic heterocycles. The van der Waals surface area contributed by atoms with Crippen LogP contribution in [-0.4, -0.2) is 6.34 Å². The quantitative estimate of drug-likeness (QED) is 0.234. The smallest absolute Gasteiger partial charge is 0.109 e. The van der Waals surface area contributed by atoms with Crippen LogP contribution in [0.2, 0.25) is 0 Å². The van der Waals surface area contributed by atoms with Crippen LogP contribution in [0, 0.1) is 0 Å². The number of hydrogen-bond donors (Lipinski definition) is 3. The first-order valence-electron chi connectivity index (χ1n) is 1.71. The van der Waals surface area contributed by atoms with Gasteiger partial charge in [-0.1, -0.05) is 6.58 Å². The minimum Gasteiger partial charge on any atom is -0.388 e. The van der Waals surface area contributed by atoms with Crippen molar-refractivity contribution in [2.75, 3.05) is 0 Å². The molecule has 0 aromatic carbocycles. The Labute approximate surface area is 41.9 Å². The first-order chi connectivity index (χ1) is 3.27. The van der Waals surface area contributed by atoms with E-state index >= 15 is 0 Å². The highest BCUT2D eigenvalue weighted by Gasteiger charge is 1.69. The van der Waals surface area contributed by atoms with E-state index in [1.165, 1.54) is 0 Å². The highest BCUT2D eigenvalue weighted by molar-refractivity contribution is 5.50. The summed E-state index contributed by atoms with van der Waals surface area (Å²) in [6, 6.07) is 0. The molecule has 0 bridgehead atoms.